The maximum absolute atomic E-state index is 5.26. The zero-order chi connectivity index (χ0) is 15.1. The van der Waals surface area contributed by atoms with Crippen molar-refractivity contribution in [1.29, 1.82) is 0 Å². The van der Waals surface area contributed by atoms with Gasteiger partial charge in [0.1, 0.15) is 0 Å². The van der Waals surface area contributed by atoms with Gasteiger partial charge in [0.25, 0.3) is 0 Å². The average Bonchev–Trinajstić information content (AvgIpc) is 2.94. The summed E-state index contributed by atoms with van der Waals surface area (Å²) in [6.07, 6.45) is 3.00. The first-order valence-corrected chi connectivity index (χ1v) is 7.67. The number of guanidine groups is 1. The summed E-state index contributed by atoms with van der Waals surface area (Å²) in [7, 11) is 1.77. The Balaban J connectivity index is 0.00000242. The van der Waals surface area contributed by atoms with E-state index in [4.69, 9.17) is 9.73 Å². The summed E-state index contributed by atoms with van der Waals surface area (Å²) in [4.78, 5) is 11.5. The van der Waals surface area contributed by atoms with E-state index in [9.17, 15) is 0 Å². The minimum Gasteiger partial charge on any atom is -0.384 e. The molecular weight excluding hydrogens is 391 g/mol. The van der Waals surface area contributed by atoms with E-state index in [-0.39, 0.29) is 24.0 Å². The number of nitrogens with zero attached hydrogens (tertiary/aromatic N) is 3. The first-order valence-electron chi connectivity index (χ1n) is 7.67. The van der Waals surface area contributed by atoms with Crippen LogP contribution in [0.5, 0.6) is 0 Å². The van der Waals surface area contributed by atoms with Gasteiger partial charge in [-0.1, -0.05) is 6.07 Å². The second-order valence-electron chi connectivity index (χ2n) is 5.49. The zero-order valence-electron chi connectivity index (χ0n) is 13.7. The number of halogens is 1. The Morgan fingerprint density at radius 3 is 3.05 bits per heavy atom. The lowest BCUT2D eigenvalue weighted by Gasteiger charge is -2.21. The summed E-state index contributed by atoms with van der Waals surface area (Å²) in [6, 6.07) is 4.04. The average molecular weight is 418 g/mol. The van der Waals surface area contributed by atoms with E-state index in [1.807, 2.05) is 12.3 Å². The molecule has 0 aromatic carbocycles. The lowest BCUT2D eigenvalue weighted by Crippen LogP contribution is -2.40. The van der Waals surface area contributed by atoms with Gasteiger partial charge in [-0.3, -0.25) is 4.98 Å². The van der Waals surface area contributed by atoms with Crippen molar-refractivity contribution in [3.05, 3.63) is 29.6 Å². The van der Waals surface area contributed by atoms with E-state index in [0.29, 0.717) is 12.5 Å². The lowest BCUT2D eigenvalue weighted by molar-refractivity contribution is 0.157. The van der Waals surface area contributed by atoms with Gasteiger partial charge in [-0.2, -0.15) is 0 Å². The molecule has 0 aliphatic carbocycles. The topological polar surface area (TPSA) is 49.8 Å². The first kappa shape index (κ1) is 19.2. The number of likely N-dealkylation sites (tertiary alicyclic amines) is 1. The normalized spacial score (nSPS) is 18.2. The van der Waals surface area contributed by atoms with E-state index in [1.54, 1.807) is 7.11 Å². The smallest absolute Gasteiger partial charge is 0.194 e. The van der Waals surface area contributed by atoms with Gasteiger partial charge in [0.15, 0.2) is 5.96 Å². The van der Waals surface area contributed by atoms with Crippen LogP contribution in [0.4, 0.5) is 0 Å². The van der Waals surface area contributed by atoms with Crippen molar-refractivity contribution < 1.29 is 4.74 Å². The van der Waals surface area contributed by atoms with Crippen molar-refractivity contribution in [2.45, 2.75) is 26.8 Å². The number of aliphatic imine (C=N–C) groups is 1. The van der Waals surface area contributed by atoms with Crippen molar-refractivity contribution >= 4 is 29.9 Å². The Bertz CT molecular complexity index is 481. The van der Waals surface area contributed by atoms with Crippen LogP contribution in [0.25, 0.3) is 0 Å². The molecule has 2 heterocycles. The van der Waals surface area contributed by atoms with E-state index < -0.39 is 0 Å². The van der Waals surface area contributed by atoms with Crippen molar-refractivity contribution in [2.75, 3.05) is 33.4 Å². The molecule has 0 bridgehead atoms. The highest BCUT2D eigenvalue weighted by atomic mass is 127. The van der Waals surface area contributed by atoms with Crippen molar-refractivity contribution in [1.82, 2.24) is 15.2 Å². The van der Waals surface area contributed by atoms with Gasteiger partial charge < -0.3 is 15.0 Å². The number of nitrogens with one attached hydrogen (secondary N) is 1. The summed E-state index contributed by atoms with van der Waals surface area (Å²) in [6.45, 7) is 8.57. The molecule has 1 aliphatic heterocycles. The lowest BCUT2D eigenvalue weighted by atomic mass is 10.1. The quantitative estimate of drug-likeness (QED) is 0.454. The third kappa shape index (κ3) is 5.39. The Labute approximate surface area is 150 Å². The van der Waals surface area contributed by atoms with E-state index >= 15 is 0 Å². The summed E-state index contributed by atoms with van der Waals surface area (Å²) < 4.78 is 5.26. The van der Waals surface area contributed by atoms with Gasteiger partial charge in [-0.15, -0.1) is 24.0 Å². The number of hydrogen-bond acceptors (Lipinski definition) is 3. The van der Waals surface area contributed by atoms with Crippen molar-refractivity contribution in [3.63, 3.8) is 0 Å². The van der Waals surface area contributed by atoms with Gasteiger partial charge in [0.2, 0.25) is 0 Å². The van der Waals surface area contributed by atoms with Crippen molar-refractivity contribution in [2.24, 2.45) is 10.9 Å². The number of hydrogen-bond donors (Lipinski definition) is 1. The molecule has 1 aromatic heterocycles. The van der Waals surface area contributed by atoms with Crippen molar-refractivity contribution in [3.8, 4) is 0 Å². The summed E-state index contributed by atoms with van der Waals surface area (Å²) >= 11 is 0. The number of methoxy groups -OCH3 is 1. The molecule has 5 nitrogen and oxygen atoms in total. The minimum absolute atomic E-state index is 0. The molecule has 6 heteroatoms. The van der Waals surface area contributed by atoms with Crippen LogP contribution in [0.1, 0.15) is 24.6 Å². The standard InChI is InChI=1S/C16H26N4O.HI/c1-4-17-16(20-9-7-14(11-20)12-21-3)19-10-15-13(2)6-5-8-18-15;/h5-6,8,14H,4,7,9-12H2,1-3H3,(H,17,19);1H. The van der Waals surface area contributed by atoms with Crippen LogP contribution in [0, 0.1) is 12.8 Å². The largest absolute Gasteiger partial charge is 0.384 e. The molecule has 1 unspecified atom stereocenters. The molecule has 1 saturated heterocycles. The highest BCUT2D eigenvalue weighted by molar-refractivity contribution is 14.0. The highest BCUT2D eigenvalue weighted by Crippen LogP contribution is 2.16. The number of pyridine rings is 1. The Hall–Kier alpha value is -0.890. The van der Waals surface area contributed by atoms with Gasteiger partial charge in [0.05, 0.1) is 18.8 Å². The minimum atomic E-state index is 0. The summed E-state index contributed by atoms with van der Waals surface area (Å²) in [5.41, 5.74) is 2.23. The first-order chi connectivity index (χ1) is 10.2. The Morgan fingerprint density at radius 1 is 1.55 bits per heavy atom. The molecule has 1 N–H and O–H groups in total. The predicted octanol–water partition coefficient (Wildman–Crippen LogP) is 2.44. The molecule has 0 spiro atoms. The molecule has 1 fully saturated rings. The highest BCUT2D eigenvalue weighted by Gasteiger charge is 2.24. The Kier molecular flexibility index (Phi) is 8.70. The second kappa shape index (κ2) is 9.99. The molecule has 1 aliphatic rings. The number of aromatic nitrogens is 1. The molecule has 1 aromatic rings. The number of aryl methyl sites for hydroxylation is 1. The Morgan fingerprint density at radius 2 is 2.36 bits per heavy atom. The van der Waals surface area contributed by atoms with Crippen LogP contribution in [0.3, 0.4) is 0 Å². The SMILES string of the molecule is CCNC(=NCc1ncccc1C)N1CCC(COC)C1.I. The molecular formula is C16H27IN4O. The van der Waals surface area contributed by atoms with Gasteiger partial charge >= 0.3 is 0 Å². The van der Waals surface area contributed by atoms with Crippen LogP contribution in [0.15, 0.2) is 23.3 Å². The van der Waals surface area contributed by atoms with Gasteiger partial charge in [0, 0.05) is 38.9 Å². The molecule has 0 radical (unpaired) electrons. The maximum Gasteiger partial charge on any atom is 0.194 e. The second-order valence-corrected chi connectivity index (χ2v) is 5.49. The monoisotopic (exact) mass is 418 g/mol. The summed E-state index contributed by atoms with van der Waals surface area (Å²) in [5, 5.41) is 3.38. The van der Waals surface area contributed by atoms with Crippen LogP contribution in [0.2, 0.25) is 0 Å². The zero-order valence-corrected chi connectivity index (χ0v) is 16.0. The third-order valence-corrected chi connectivity index (χ3v) is 3.82. The number of ether oxygens (including phenoxy) is 1. The predicted molar refractivity (Wildman–Crippen MR) is 101 cm³/mol. The van der Waals surface area contributed by atoms with Gasteiger partial charge in [-0.05, 0) is 31.9 Å². The molecule has 22 heavy (non-hydrogen) atoms. The third-order valence-electron chi connectivity index (χ3n) is 3.82. The molecule has 2 rings (SSSR count). The van der Waals surface area contributed by atoms with Crippen LogP contribution >= 0.6 is 24.0 Å². The van der Waals surface area contributed by atoms with Crippen LogP contribution < -0.4 is 5.32 Å². The van der Waals surface area contributed by atoms with E-state index in [2.05, 4.69) is 35.1 Å². The molecule has 0 saturated carbocycles. The van der Waals surface area contributed by atoms with E-state index in [1.165, 1.54) is 12.0 Å². The fourth-order valence-corrected chi connectivity index (χ4v) is 2.66. The van der Waals surface area contributed by atoms with Crippen LogP contribution in [-0.4, -0.2) is 49.2 Å². The molecule has 124 valence electrons. The fraction of sp³-hybridized carbons (Fsp3) is 0.625. The molecule has 0 amide bonds. The van der Waals surface area contributed by atoms with E-state index in [0.717, 1.165) is 37.9 Å². The van der Waals surface area contributed by atoms with Gasteiger partial charge in [-0.25, -0.2) is 4.99 Å². The fourth-order valence-electron chi connectivity index (χ4n) is 2.66. The summed E-state index contributed by atoms with van der Waals surface area (Å²) in [5.74, 6) is 1.59. The molecule has 1 atom stereocenters. The van der Waals surface area contributed by atoms with Crippen LogP contribution in [-0.2, 0) is 11.3 Å². The number of rotatable bonds is 5. The maximum atomic E-state index is 5.26.